The molecule has 0 rings (SSSR count). The van der Waals surface area contributed by atoms with E-state index in [0.717, 1.165) is 12.3 Å². The molecule has 0 aliphatic rings. The van der Waals surface area contributed by atoms with Gasteiger partial charge in [0.05, 0.1) is 0 Å². The summed E-state index contributed by atoms with van der Waals surface area (Å²) in [6, 6.07) is 0. The minimum absolute atomic E-state index is 0.406. The third-order valence-corrected chi connectivity index (χ3v) is 2.01. The van der Waals surface area contributed by atoms with Gasteiger partial charge in [0.15, 0.2) is 0 Å². The lowest BCUT2D eigenvalue weighted by molar-refractivity contribution is 0.285. The van der Waals surface area contributed by atoms with Gasteiger partial charge in [-0.3, -0.25) is 0 Å². The van der Waals surface area contributed by atoms with Gasteiger partial charge in [-0.2, -0.15) is 0 Å². The van der Waals surface area contributed by atoms with Gasteiger partial charge in [0.2, 0.25) is 0 Å². The van der Waals surface area contributed by atoms with Crippen LogP contribution in [0.1, 0.15) is 47.5 Å². The van der Waals surface area contributed by atoms with E-state index < -0.39 is 0 Å². The van der Waals surface area contributed by atoms with Crippen molar-refractivity contribution in [2.75, 3.05) is 0 Å². The zero-order valence-corrected chi connectivity index (χ0v) is 9.20. The van der Waals surface area contributed by atoms with Crippen LogP contribution < -0.4 is 0 Å². The van der Waals surface area contributed by atoms with Crippen LogP contribution in [-0.4, -0.2) is 0 Å². The van der Waals surface area contributed by atoms with E-state index in [2.05, 4.69) is 46.9 Å². The van der Waals surface area contributed by atoms with Crippen molar-refractivity contribution in [1.29, 1.82) is 0 Å². The zero-order chi connectivity index (χ0) is 9.78. The van der Waals surface area contributed by atoms with E-state index in [4.69, 9.17) is 0 Å². The lowest BCUT2D eigenvalue weighted by atomic mass is 9.79. The van der Waals surface area contributed by atoms with Gasteiger partial charge < -0.3 is 0 Å². The number of hydrogen-bond acceptors (Lipinski definition) is 0. The standard InChI is InChI=1S/C12H22/c1-7-11(4)9-12(5,6)8-10(2)3/h10H,1,8-9H2,2-6H3. The second-order valence-corrected chi connectivity index (χ2v) is 4.90. The van der Waals surface area contributed by atoms with Crippen LogP contribution in [0, 0.1) is 11.3 Å². The van der Waals surface area contributed by atoms with E-state index in [9.17, 15) is 0 Å². The van der Waals surface area contributed by atoms with Crippen LogP contribution in [0.2, 0.25) is 0 Å². The average Bonchev–Trinajstić information content (AvgIpc) is 1.83. The van der Waals surface area contributed by atoms with Crippen LogP contribution in [0.5, 0.6) is 0 Å². The predicted octanol–water partition coefficient (Wildman–Crippen LogP) is 4.18. The maximum Gasteiger partial charge on any atom is -0.0195 e. The van der Waals surface area contributed by atoms with Gasteiger partial charge in [0.1, 0.15) is 0 Å². The van der Waals surface area contributed by atoms with Crippen LogP contribution >= 0.6 is 0 Å². The molecule has 0 aliphatic heterocycles. The Morgan fingerprint density at radius 2 is 1.92 bits per heavy atom. The molecular formula is C12H22. The van der Waals surface area contributed by atoms with E-state index in [1.807, 2.05) is 0 Å². The Kier molecular flexibility index (Phi) is 4.34. The van der Waals surface area contributed by atoms with Gasteiger partial charge in [0, 0.05) is 0 Å². The van der Waals surface area contributed by atoms with Gasteiger partial charge in [-0.25, -0.2) is 0 Å². The Balaban J connectivity index is 4.12. The van der Waals surface area contributed by atoms with Crippen molar-refractivity contribution in [3.8, 4) is 0 Å². The Hall–Kier alpha value is -0.480. The second kappa shape index (κ2) is 4.52. The van der Waals surface area contributed by atoms with E-state index >= 15 is 0 Å². The highest BCUT2D eigenvalue weighted by Crippen LogP contribution is 2.31. The number of rotatable bonds is 4. The summed E-state index contributed by atoms with van der Waals surface area (Å²) in [5.41, 5.74) is 4.65. The van der Waals surface area contributed by atoms with Crippen molar-refractivity contribution in [3.05, 3.63) is 17.9 Å². The van der Waals surface area contributed by atoms with Crippen molar-refractivity contribution in [2.24, 2.45) is 11.3 Å². The van der Waals surface area contributed by atoms with Crippen molar-refractivity contribution in [3.63, 3.8) is 0 Å². The summed E-state index contributed by atoms with van der Waals surface area (Å²) in [6.45, 7) is 14.9. The minimum Gasteiger partial charge on any atom is -0.130 e. The van der Waals surface area contributed by atoms with Crippen LogP contribution in [-0.2, 0) is 0 Å². The molecule has 0 atom stereocenters. The molecule has 0 unspecified atom stereocenters. The maximum atomic E-state index is 3.66. The van der Waals surface area contributed by atoms with Crippen LogP contribution in [0.15, 0.2) is 17.9 Å². The Morgan fingerprint density at radius 3 is 2.25 bits per heavy atom. The van der Waals surface area contributed by atoms with Gasteiger partial charge in [-0.1, -0.05) is 34.3 Å². The average molecular weight is 166 g/mol. The van der Waals surface area contributed by atoms with E-state index in [0.29, 0.717) is 5.41 Å². The molecule has 0 heterocycles. The molecule has 0 bridgehead atoms. The van der Waals surface area contributed by atoms with Gasteiger partial charge in [-0.15, -0.1) is 5.73 Å². The van der Waals surface area contributed by atoms with Crippen LogP contribution in [0.4, 0.5) is 0 Å². The molecule has 0 aliphatic carbocycles. The fraction of sp³-hybridized carbons (Fsp3) is 0.750. The summed E-state index contributed by atoms with van der Waals surface area (Å²) in [4.78, 5) is 0. The van der Waals surface area contributed by atoms with Gasteiger partial charge in [-0.05, 0) is 36.7 Å². The third kappa shape index (κ3) is 5.21. The highest BCUT2D eigenvalue weighted by Gasteiger charge is 2.19. The van der Waals surface area contributed by atoms with Gasteiger partial charge >= 0.3 is 0 Å². The molecule has 70 valence electrons. The molecule has 0 aromatic rings. The molecule has 0 aromatic carbocycles. The highest BCUT2D eigenvalue weighted by atomic mass is 14.2. The summed E-state index contributed by atoms with van der Waals surface area (Å²) in [6.07, 6.45) is 2.39. The number of hydrogen-bond donors (Lipinski definition) is 0. The summed E-state index contributed by atoms with van der Waals surface area (Å²) in [5, 5.41) is 0. The Bertz CT molecular complexity index is 178. The van der Waals surface area contributed by atoms with E-state index in [-0.39, 0.29) is 0 Å². The normalized spacial score (nSPS) is 11.5. The molecule has 12 heavy (non-hydrogen) atoms. The molecule has 0 N–H and O–H groups in total. The second-order valence-electron chi connectivity index (χ2n) is 4.90. The number of allylic oxidation sites excluding steroid dienone is 1. The van der Waals surface area contributed by atoms with E-state index in [1.54, 1.807) is 0 Å². The molecule has 0 fully saturated rings. The molecule has 0 spiro atoms. The zero-order valence-electron chi connectivity index (χ0n) is 9.20. The van der Waals surface area contributed by atoms with Crippen LogP contribution in [0.3, 0.4) is 0 Å². The smallest absolute Gasteiger partial charge is 0.0195 e. The predicted molar refractivity (Wildman–Crippen MR) is 56.2 cm³/mol. The van der Waals surface area contributed by atoms with Crippen molar-refractivity contribution < 1.29 is 0 Å². The topological polar surface area (TPSA) is 0 Å². The van der Waals surface area contributed by atoms with Gasteiger partial charge in [0.25, 0.3) is 0 Å². The van der Waals surface area contributed by atoms with Crippen molar-refractivity contribution >= 4 is 0 Å². The quantitative estimate of drug-likeness (QED) is 0.550. The first-order valence-electron chi connectivity index (χ1n) is 4.73. The Morgan fingerprint density at radius 1 is 1.42 bits per heavy atom. The summed E-state index contributed by atoms with van der Waals surface area (Å²) in [7, 11) is 0. The first kappa shape index (κ1) is 11.5. The molecule has 0 aromatic heterocycles. The highest BCUT2D eigenvalue weighted by molar-refractivity contribution is 4.98. The molecule has 0 amide bonds. The Labute approximate surface area is 77.4 Å². The van der Waals surface area contributed by atoms with Crippen molar-refractivity contribution in [1.82, 2.24) is 0 Å². The van der Waals surface area contributed by atoms with E-state index in [1.165, 1.54) is 12.0 Å². The molecule has 0 radical (unpaired) electrons. The first-order chi connectivity index (χ1) is 5.37. The molecule has 0 saturated heterocycles. The first-order valence-corrected chi connectivity index (χ1v) is 4.73. The maximum absolute atomic E-state index is 3.66. The lowest BCUT2D eigenvalue weighted by Crippen LogP contribution is -2.14. The van der Waals surface area contributed by atoms with Crippen LogP contribution in [0.25, 0.3) is 0 Å². The summed E-state index contributed by atoms with van der Waals surface area (Å²) in [5.74, 6) is 0.776. The fourth-order valence-electron chi connectivity index (χ4n) is 1.96. The molecule has 0 saturated carbocycles. The monoisotopic (exact) mass is 166 g/mol. The third-order valence-electron chi connectivity index (χ3n) is 2.01. The minimum atomic E-state index is 0.406. The summed E-state index contributed by atoms with van der Waals surface area (Å²) < 4.78 is 0. The largest absolute Gasteiger partial charge is 0.130 e. The molecular weight excluding hydrogens is 144 g/mol. The molecule has 0 heteroatoms. The SMILES string of the molecule is C=C=C(C)CC(C)(C)CC(C)C. The lowest BCUT2D eigenvalue weighted by Gasteiger charge is -2.26. The molecule has 0 nitrogen and oxygen atoms in total. The fourth-order valence-corrected chi connectivity index (χ4v) is 1.96. The van der Waals surface area contributed by atoms with Crippen molar-refractivity contribution in [2.45, 2.75) is 47.5 Å². The summed E-state index contributed by atoms with van der Waals surface area (Å²) >= 11 is 0.